The minimum atomic E-state index is -0.710. The fourth-order valence-corrected chi connectivity index (χ4v) is 8.06. The normalized spacial score (nSPS) is 12.8. The first-order valence-electron chi connectivity index (χ1n) is 22.1. The summed E-state index contributed by atoms with van der Waals surface area (Å²) < 4.78 is 11.4. The van der Waals surface area contributed by atoms with Crippen LogP contribution in [0.5, 0.6) is 0 Å². The fourth-order valence-electron chi connectivity index (χ4n) is 7.53. The molecule has 6 aromatic rings. The number of non-ortho nitro benzene ring substituents is 2. The fraction of sp³-hybridized carbons (Fsp3) is 0.154. The molecule has 22 heteroatoms. The van der Waals surface area contributed by atoms with Gasteiger partial charge in [0.1, 0.15) is 11.4 Å². The second-order valence-electron chi connectivity index (χ2n) is 15.7. The second-order valence-corrected chi connectivity index (χ2v) is 17.5. The predicted octanol–water partition coefficient (Wildman–Crippen LogP) is 12.7. The lowest BCUT2D eigenvalue weighted by atomic mass is 9.79. The van der Waals surface area contributed by atoms with E-state index in [1.165, 1.54) is 50.6 Å². The SMILES string of the molecule is COC(=O)/C=C/[C@H](c1ccc(Br)cc1)[C@H](C/C=N/Nc1ccc([N+](=O)[O-])cc1[N+](=O)[O-])c1ccccc1.COC(=O)/C=C/[C@H](c1ccc(Br)cc1)[C@H](C/C=N/Nc1ccc([N+](=O)[O-])cc1[N+](=O)[O-])c1ccccc1. The Morgan fingerprint density at radius 2 is 0.865 bits per heavy atom. The first kappa shape index (κ1) is 56.2. The topological polar surface area (TPSA) is 274 Å². The monoisotopic (exact) mass is 1130 g/mol. The number of ether oxygens (including phenoxy) is 2. The third-order valence-corrected chi connectivity index (χ3v) is 12.2. The zero-order valence-corrected chi connectivity index (χ0v) is 42.6. The highest BCUT2D eigenvalue weighted by Crippen LogP contribution is 2.39. The maximum atomic E-state index is 11.9. The Bertz CT molecular complexity index is 2830. The van der Waals surface area contributed by atoms with E-state index in [1.54, 1.807) is 24.6 Å². The van der Waals surface area contributed by atoms with Crippen LogP contribution in [0.1, 0.15) is 58.8 Å². The summed E-state index contributed by atoms with van der Waals surface area (Å²) in [5.74, 6) is -1.71. The zero-order chi connectivity index (χ0) is 53.6. The van der Waals surface area contributed by atoms with E-state index in [-0.39, 0.29) is 46.4 Å². The summed E-state index contributed by atoms with van der Waals surface area (Å²) in [4.78, 5) is 65.7. The number of halogens is 2. The molecule has 380 valence electrons. The molecular weight excluding hydrogens is 1090 g/mol. The van der Waals surface area contributed by atoms with Crippen molar-refractivity contribution in [3.05, 3.63) is 242 Å². The first-order chi connectivity index (χ1) is 35.6. The van der Waals surface area contributed by atoms with Crippen molar-refractivity contribution >= 4 is 90.4 Å². The van der Waals surface area contributed by atoms with E-state index in [4.69, 9.17) is 9.47 Å². The number of nitro groups is 4. The van der Waals surface area contributed by atoms with Gasteiger partial charge in [0, 0.05) is 57.5 Å². The zero-order valence-electron chi connectivity index (χ0n) is 39.4. The molecule has 4 atom stereocenters. The number of hydrogen-bond donors (Lipinski definition) is 2. The van der Waals surface area contributed by atoms with Crippen molar-refractivity contribution in [1.29, 1.82) is 0 Å². The summed E-state index contributed by atoms with van der Waals surface area (Å²) >= 11 is 6.89. The van der Waals surface area contributed by atoms with Gasteiger partial charge in [-0.2, -0.15) is 10.2 Å². The number of anilines is 2. The Balaban J connectivity index is 0.000000274. The molecule has 0 spiro atoms. The van der Waals surface area contributed by atoms with Crippen LogP contribution in [0.15, 0.2) is 189 Å². The quantitative estimate of drug-likeness (QED) is 0.0210. The highest BCUT2D eigenvalue weighted by atomic mass is 79.9. The number of benzene rings is 6. The molecule has 0 heterocycles. The number of esters is 2. The molecule has 0 aromatic heterocycles. The van der Waals surface area contributed by atoms with Gasteiger partial charge in [0.05, 0.1) is 46.0 Å². The molecule has 0 aliphatic heterocycles. The van der Waals surface area contributed by atoms with Gasteiger partial charge < -0.3 is 9.47 Å². The van der Waals surface area contributed by atoms with E-state index in [0.717, 1.165) is 43.3 Å². The number of nitrogens with zero attached hydrogens (tertiary/aromatic N) is 6. The van der Waals surface area contributed by atoms with E-state index in [0.29, 0.717) is 12.8 Å². The van der Waals surface area contributed by atoms with E-state index in [2.05, 4.69) is 52.9 Å². The first-order valence-corrected chi connectivity index (χ1v) is 23.7. The van der Waals surface area contributed by atoms with Gasteiger partial charge in [0.25, 0.3) is 11.4 Å². The second kappa shape index (κ2) is 28.3. The van der Waals surface area contributed by atoms with Gasteiger partial charge in [-0.3, -0.25) is 51.3 Å². The summed E-state index contributed by atoms with van der Waals surface area (Å²) in [6.45, 7) is 0. The van der Waals surface area contributed by atoms with Crippen LogP contribution in [0, 0.1) is 40.5 Å². The lowest BCUT2D eigenvalue weighted by molar-refractivity contribution is -0.393. The highest BCUT2D eigenvalue weighted by Gasteiger charge is 2.26. The Morgan fingerprint density at radius 3 is 1.18 bits per heavy atom. The smallest absolute Gasteiger partial charge is 0.330 e. The number of methoxy groups -OCH3 is 2. The number of carbonyl (C=O) groups excluding carboxylic acids is 2. The number of nitrogens with one attached hydrogen (secondary N) is 2. The third-order valence-electron chi connectivity index (χ3n) is 11.2. The van der Waals surface area contributed by atoms with E-state index < -0.39 is 43.0 Å². The van der Waals surface area contributed by atoms with Crippen LogP contribution in [0.3, 0.4) is 0 Å². The van der Waals surface area contributed by atoms with E-state index >= 15 is 0 Å². The summed E-state index contributed by atoms with van der Waals surface area (Å²) in [6.07, 6.45) is 10.3. The molecule has 0 saturated carbocycles. The molecule has 0 fully saturated rings. The Morgan fingerprint density at radius 1 is 0.514 bits per heavy atom. The van der Waals surface area contributed by atoms with Crippen molar-refractivity contribution in [2.24, 2.45) is 10.2 Å². The maximum absolute atomic E-state index is 11.9. The van der Waals surface area contributed by atoms with Crippen molar-refractivity contribution in [2.75, 3.05) is 25.1 Å². The molecule has 0 radical (unpaired) electrons. The average Bonchev–Trinajstić information content (AvgIpc) is 3.40. The number of nitro benzene ring substituents is 4. The minimum absolute atomic E-state index is 0.0261. The van der Waals surface area contributed by atoms with Gasteiger partial charge in [-0.05, 0) is 83.3 Å². The standard InChI is InChI=1S/2C26H23BrN4O6/c2*1-37-26(32)14-12-22(19-7-9-20(27)10-8-19)23(18-5-3-2-4-6-18)15-16-28-29-24-13-11-21(30(33)34)17-25(24)31(35)36/h2*2-14,16-17,22-23,29H,15H2,1H3/b2*14-12+,28-16+/t2*22-,23-/m11/s1. The Kier molecular flexibility index (Phi) is 21.5. The van der Waals surface area contributed by atoms with Crippen molar-refractivity contribution in [2.45, 2.75) is 36.5 Å². The Labute approximate surface area is 440 Å². The van der Waals surface area contributed by atoms with Crippen LogP contribution < -0.4 is 10.9 Å². The molecule has 2 N–H and O–H groups in total. The van der Waals surface area contributed by atoms with Gasteiger partial charge in [-0.25, -0.2) is 9.59 Å². The molecule has 6 aromatic carbocycles. The maximum Gasteiger partial charge on any atom is 0.330 e. The van der Waals surface area contributed by atoms with Crippen molar-refractivity contribution in [3.8, 4) is 0 Å². The largest absolute Gasteiger partial charge is 0.466 e. The summed E-state index contributed by atoms with van der Waals surface area (Å²) in [5.41, 5.74) is 7.52. The molecule has 0 bridgehead atoms. The van der Waals surface area contributed by atoms with Gasteiger partial charge in [-0.1, -0.05) is 129 Å². The van der Waals surface area contributed by atoms with Gasteiger partial charge in [0.15, 0.2) is 0 Å². The third kappa shape index (κ3) is 16.7. The van der Waals surface area contributed by atoms with Gasteiger partial charge >= 0.3 is 23.3 Å². The van der Waals surface area contributed by atoms with Gasteiger partial charge in [0.2, 0.25) is 0 Å². The summed E-state index contributed by atoms with van der Waals surface area (Å²) in [6, 6.07) is 41.5. The van der Waals surface area contributed by atoms with Crippen LogP contribution in [0.25, 0.3) is 0 Å². The number of hydrazone groups is 2. The van der Waals surface area contributed by atoms with Crippen molar-refractivity contribution in [1.82, 2.24) is 0 Å². The molecular formula is C52H46Br2N8O12. The molecule has 0 aliphatic carbocycles. The van der Waals surface area contributed by atoms with Crippen LogP contribution in [0.4, 0.5) is 34.1 Å². The van der Waals surface area contributed by atoms with Crippen LogP contribution in [-0.4, -0.2) is 58.3 Å². The molecule has 6 rings (SSSR count). The number of allylic oxidation sites excluding steroid dienone is 2. The molecule has 20 nitrogen and oxygen atoms in total. The number of hydrogen-bond acceptors (Lipinski definition) is 16. The van der Waals surface area contributed by atoms with Crippen molar-refractivity contribution < 1.29 is 38.8 Å². The highest BCUT2D eigenvalue weighted by molar-refractivity contribution is 9.10. The number of carbonyl (C=O) groups is 2. The van der Waals surface area contributed by atoms with Crippen molar-refractivity contribution in [3.63, 3.8) is 0 Å². The molecule has 0 unspecified atom stereocenters. The predicted molar refractivity (Wildman–Crippen MR) is 287 cm³/mol. The average molecular weight is 1130 g/mol. The van der Waals surface area contributed by atoms with Gasteiger partial charge in [-0.15, -0.1) is 0 Å². The van der Waals surface area contributed by atoms with Crippen LogP contribution in [-0.2, 0) is 19.1 Å². The molecule has 0 aliphatic rings. The minimum Gasteiger partial charge on any atom is -0.466 e. The molecule has 74 heavy (non-hydrogen) atoms. The number of rotatable bonds is 22. The Hall–Kier alpha value is -8.76. The van der Waals surface area contributed by atoms with E-state index in [1.807, 2.05) is 109 Å². The lowest BCUT2D eigenvalue weighted by Gasteiger charge is -2.25. The summed E-state index contributed by atoms with van der Waals surface area (Å²) in [7, 11) is 2.62. The molecule has 0 saturated heterocycles. The summed E-state index contributed by atoms with van der Waals surface area (Å²) in [5, 5.41) is 53.0. The van der Waals surface area contributed by atoms with Crippen LogP contribution >= 0.6 is 31.9 Å². The lowest BCUT2D eigenvalue weighted by Crippen LogP contribution is -2.12. The molecule has 0 amide bonds. The van der Waals surface area contributed by atoms with E-state index in [9.17, 15) is 50.0 Å². The van der Waals surface area contributed by atoms with Crippen LogP contribution in [0.2, 0.25) is 0 Å².